The van der Waals surface area contributed by atoms with E-state index in [9.17, 15) is 18.3 Å². The van der Waals surface area contributed by atoms with E-state index in [1.165, 1.54) is 11.1 Å². The SMILES string of the molecule is Cc1ccc(S(=O)(=O)n2ccc3c(N(C)[C@H]4C(C(C)(C)C)N(C(=O)O)CC[C@H]4C)nc(Cl)nc32)cc1. The molecule has 1 N–H and O–H groups in total. The number of carboxylic acid groups (broad SMARTS) is 1. The van der Waals surface area contributed by atoms with E-state index >= 15 is 0 Å². The number of likely N-dealkylation sites (N-methyl/N-ethyl adjacent to an activating group) is 1. The fourth-order valence-electron chi connectivity index (χ4n) is 5.31. The minimum atomic E-state index is -3.92. The van der Waals surface area contributed by atoms with Crippen LogP contribution >= 0.6 is 11.6 Å². The van der Waals surface area contributed by atoms with Crippen LogP contribution in [-0.2, 0) is 10.0 Å². The number of fused-ring (bicyclic) bond motifs is 1. The molecule has 0 spiro atoms. The van der Waals surface area contributed by atoms with E-state index in [1.807, 2.05) is 39.6 Å². The van der Waals surface area contributed by atoms with Crippen LogP contribution in [0.4, 0.5) is 10.6 Å². The van der Waals surface area contributed by atoms with Crippen LogP contribution in [0.3, 0.4) is 0 Å². The first kappa shape index (κ1) is 26.2. The number of piperidine rings is 1. The molecule has 0 aliphatic carbocycles. The highest BCUT2D eigenvalue weighted by atomic mass is 35.5. The lowest BCUT2D eigenvalue weighted by Gasteiger charge is -2.52. The summed E-state index contributed by atoms with van der Waals surface area (Å²) >= 11 is 6.33. The van der Waals surface area contributed by atoms with Crippen LogP contribution in [0.5, 0.6) is 0 Å². The Balaban J connectivity index is 1.86. The molecule has 1 saturated heterocycles. The number of anilines is 1. The lowest BCUT2D eigenvalue weighted by atomic mass is 9.73. The van der Waals surface area contributed by atoms with Gasteiger partial charge in [0.05, 0.1) is 22.4 Å². The number of nitrogens with zero attached hydrogens (tertiary/aromatic N) is 5. The first-order chi connectivity index (χ1) is 16.7. The van der Waals surface area contributed by atoms with Crippen molar-refractivity contribution < 1.29 is 18.3 Å². The molecule has 9 nitrogen and oxygen atoms in total. The first-order valence-corrected chi connectivity index (χ1v) is 13.6. The second-order valence-electron chi connectivity index (χ2n) is 10.6. The van der Waals surface area contributed by atoms with Crippen LogP contribution in [-0.4, -0.2) is 64.1 Å². The quantitative estimate of drug-likeness (QED) is 0.476. The number of hydrogen-bond acceptors (Lipinski definition) is 6. The molecule has 194 valence electrons. The van der Waals surface area contributed by atoms with Gasteiger partial charge in [0.1, 0.15) is 5.82 Å². The Morgan fingerprint density at radius 1 is 1.17 bits per heavy atom. The maximum Gasteiger partial charge on any atom is 0.407 e. The molecule has 36 heavy (non-hydrogen) atoms. The van der Waals surface area contributed by atoms with Crippen LogP contribution < -0.4 is 4.90 Å². The summed E-state index contributed by atoms with van der Waals surface area (Å²) in [5, 5.41) is 10.4. The van der Waals surface area contributed by atoms with E-state index in [0.717, 1.165) is 9.54 Å². The van der Waals surface area contributed by atoms with Crippen LogP contribution in [0.1, 0.15) is 39.7 Å². The number of likely N-dealkylation sites (tertiary alicyclic amines) is 1. The maximum atomic E-state index is 13.4. The molecule has 0 bridgehead atoms. The minimum Gasteiger partial charge on any atom is -0.465 e. The van der Waals surface area contributed by atoms with Gasteiger partial charge in [-0.25, -0.2) is 17.2 Å². The van der Waals surface area contributed by atoms with Gasteiger partial charge in [0.25, 0.3) is 10.0 Å². The Bertz CT molecular complexity index is 1400. The van der Waals surface area contributed by atoms with Crippen LogP contribution in [0, 0.1) is 18.3 Å². The van der Waals surface area contributed by atoms with Crippen molar-refractivity contribution in [3.8, 4) is 0 Å². The van der Waals surface area contributed by atoms with Gasteiger partial charge in [0, 0.05) is 19.8 Å². The second kappa shape index (κ2) is 9.23. The molecule has 3 aromatic rings. The standard InChI is InChI=1S/C25H32ClN5O4S/c1-15-7-9-17(10-8-15)36(34,35)31-14-12-18-21(27-23(26)28-22(18)31)29(6)19-16(2)11-13-30(24(32)33)20(19)25(3,4)5/h7-10,12,14,16,19-20H,11,13H2,1-6H3,(H,32,33)/t16-,19-,20?/m1/s1. The van der Waals surface area contributed by atoms with Gasteiger partial charge in [-0.05, 0) is 54.5 Å². The number of aryl methyl sites for hydroxylation is 1. The van der Waals surface area contributed by atoms with Crippen molar-refractivity contribution in [3.05, 3.63) is 47.4 Å². The van der Waals surface area contributed by atoms with Crippen molar-refractivity contribution >= 4 is 44.6 Å². The molecular formula is C25H32ClN5O4S. The number of halogens is 1. The third-order valence-electron chi connectivity index (χ3n) is 7.02. The van der Waals surface area contributed by atoms with Crippen LogP contribution in [0.15, 0.2) is 41.4 Å². The van der Waals surface area contributed by atoms with Gasteiger partial charge in [0.2, 0.25) is 5.28 Å². The molecule has 4 rings (SSSR count). The third-order valence-corrected chi connectivity index (χ3v) is 8.87. The molecule has 1 aliphatic rings. The summed E-state index contributed by atoms with van der Waals surface area (Å²) in [4.78, 5) is 24.5. The number of carbonyl (C=O) groups is 1. The van der Waals surface area contributed by atoms with Gasteiger partial charge >= 0.3 is 6.09 Å². The predicted molar refractivity (Wildman–Crippen MR) is 140 cm³/mol. The number of benzene rings is 1. The van der Waals surface area contributed by atoms with Gasteiger partial charge < -0.3 is 14.9 Å². The topological polar surface area (TPSA) is 109 Å². The Morgan fingerprint density at radius 2 is 1.81 bits per heavy atom. The lowest BCUT2D eigenvalue weighted by molar-refractivity contribution is 0.0276. The van der Waals surface area contributed by atoms with E-state index in [1.54, 1.807) is 30.3 Å². The lowest BCUT2D eigenvalue weighted by Crippen LogP contribution is -2.64. The zero-order chi connectivity index (χ0) is 26.6. The van der Waals surface area contributed by atoms with Crippen molar-refractivity contribution in [1.29, 1.82) is 0 Å². The molecule has 3 atom stereocenters. The predicted octanol–water partition coefficient (Wildman–Crippen LogP) is 4.87. The monoisotopic (exact) mass is 533 g/mol. The summed E-state index contributed by atoms with van der Waals surface area (Å²) in [6, 6.07) is 7.72. The zero-order valence-electron chi connectivity index (χ0n) is 21.3. The van der Waals surface area contributed by atoms with E-state index in [0.29, 0.717) is 24.2 Å². The molecular weight excluding hydrogens is 502 g/mol. The smallest absolute Gasteiger partial charge is 0.407 e. The van der Waals surface area contributed by atoms with E-state index < -0.39 is 16.1 Å². The van der Waals surface area contributed by atoms with Gasteiger partial charge in [0.15, 0.2) is 5.65 Å². The fourth-order valence-corrected chi connectivity index (χ4v) is 6.77. The summed E-state index contributed by atoms with van der Waals surface area (Å²) in [6.45, 7) is 10.5. The summed E-state index contributed by atoms with van der Waals surface area (Å²) in [7, 11) is -2.07. The molecule has 1 fully saturated rings. The largest absolute Gasteiger partial charge is 0.465 e. The highest BCUT2D eigenvalue weighted by Gasteiger charge is 2.47. The van der Waals surface area contributed by atoms with Crippen molar-refractivity contribution in [2.45, 2.75) is 58.0 Å². The maximum absolute atomic E-state index is 13.4. The van der Waals surface area contributed by atoms with E-state index in [-0.39, 0.29) is 39.2 Å². The summed E-state index contributed by atoms with van der Waals surface area (Å²) < 4.78 is 28.0. The number of hydrogen-bond donors (Lipinski definition) is 1. The zero-order valence-corrected chi connectivity index (χ0v) is 22.9. The van der Waals surface area contributed by atoms with Crippen LogP contribution in [0.2, 0.25) is 5.28 Å². The molecule has 2 aromatic heterocycles. The number of amides is 1. The van der Waals surface area contributed by atoms with Crippen molar-refractivity contribution in [2.75, 3.05) is 18.5 Å². The van der Waals surface area contributed by atoms with Crippen LogP contribution in [0.25, 0.3) is 11.0 Å². The summed E-state index contributed by atoms with van der Waals surface area (Å²) in [6.07, 6.45) is 1.19. The Kier molecular flexibility index (Phi) is 6.72. The van der Waals surface area contributed by atoms with Gasteiger partial charge in [-0.2, -0.15) is 9.97 Å². The molecule has 0 radical (unpaired) electrons. The van der Waals surface area contributed by atoms with Gasteiger partial charge in [-0.15, -0.1) is 0 Å². The molecule has 0 saturated carbocycles. The minimum absolute atomic E-state index is 0.0886. The molecule has 1 unspecified atom stereocenters. The fraction of sp³-hybridized carbons (Fsp3) is 0.480. The highest BCUT2D eigenvalue weighted by molar-refractivity contribution is 7.90. The van der Waals surface area contributed by atoms with Gasteiger partial charge in [-0.3, -0.25) is 0 Å². The van der Waals surface area contributed by atoms with Crippen molar-refractivity contribution in [3.63, 3.8) is 0 Å². The van der Waals surface area contributed by atoms with E-state index in [2.05, 4.69) is 16.9 Å². The normalized spacial score (nSPS) is 21.1. The van der Waals surface area contributed by atoms with E-state index in [4.69, 9.17) is 11.6 Å². The summed E-state index contributed by atoms with van der Waals surface area (Å²) in [5.41, 5.74) is 0.761. The molecule has 1 amide bonds. The Labute approximate surface area is 216 Å². The summed E-state index contributed by atoms with van der Waals surface area (Å²) in [5.74, 6) is 0.609. The molecule has 1 aromatic carbocycles. The third kappa shape index (κ3) is 4.52. The second-order valence-corrected chi connectivity index (χ2v) is 12.8. The first-order valence-electron chi connectivity index (χ1n) is 11.8. The average molecular weight is 534 g/mol. The van der Waals surface area contributed by atoms with Gasteiger partial charge in [-0.1, -0.05) is 45.4 Å². The average Bonchev–Trinajstić information content (AvgIpc) is 3.22. The molecule has 1 aliphatic heterocycles. The number of aromatic nitrogens is 3. The number of rotatable bonds is 4. The molecule has 11 heteroatoms. The van der Waals surface area contributed by atoms with Crippen molar-refractivity contribution in [2.24, 2.45) is 11.3 Å². The molecule has 3 heterocycles. The Hall–Kier alpha value is -2.85. The van der Waals surface area contributed by atoms with Crippen molar-refractivity contribution in [1.82, 2.24) is 18.8 Å². The highest BCUT2D eigenvalue weighted by Crippen LogP contribution is 2.40. The Morgan fingerprint density at radius 3 is 2.39 bits per heavy atom.